The third kappa shape index (κ3) is 3.87. The van der Waals surface area contributed by atoms with Gasteiger partial charge in [-0.1, -0.05) is 30.7 Å². The number of hydrogen-bond donors (Lipinski definition) is 0. The number of hydrogen-bond acceptors (Lipinski definition) is 4. The summed E-state index contributed by atoms with van der Waals surface area (Å²) in [6.07, 6.45) is 2.71. The van der Waals surface area contributed by atoms with Crippen molar-refractivity contribution in [3.8, 4) is 6.07 Å². The minimum atomic E-state index is 0.135. The molecule has 1 amide bonds. The molecule has 3 rings (SSSR count). The molecule has 1 aromatic carbocycles. The van der Waals surface area contributed by atoms with Gasteiger partial charge in [0.05, 0.1) is 21.2 Å². The largest absolute Gasteiger partial charge is 0.369 e. The van der Waals surface area contributed by atoms with E-state index < -0.39 is 0 Å². The number of halogens is 1. The molecule has 0 atom stereocenters. The van der Waals surface area contributed by atoms with Gasteiger partial charge in [-0.05, 0) is 42.8 Å². The maximum atomic E-state index is 12.9. The Morgan fingerprint density at radius 2 is 2.12 bits per heavy atom. The number of piperidine rings is 1. The van der Waals surface area contributed by atoms with Crippen LogP contribution in [0.1, 0.15) is 41.4 Å². The van der Waals surface area contributed by atoms with Crippen molar-refractivity contribution in [2.75, 3.05) is 24.5 Å². The molecule has 1 aliphatic heterocycles. The molecule has 0 saturated carbocycles. The first-order valence-corrected chi connectivity index (χ1v) is 10.2. The standard InChI is InChI=1S/C20H22ClN3OS/c1-2-10-24(20(25)18-7-4-13-26-18)16-8-11-23(12-9-16)19-15(14-22)5-3-6-17(19)21/h3-7,13,16H,2,8-12H2,1H3. The van der Waals surface area contributed by atoms with Crippen molar-refractivity contribution in [2.24, 2.45) is 0 Å². The van der Waals surface area contributed by atoms with Crippen LogP contribution in [0, 0.1) is 11.3 Å². The van der Waals surface area contributed by atoms with E-state index in [0.717, 1.165) is 49.5 Å². The van der Waals surface area contributed by atoms with Crippen LogP contribution in [0.2, 0.25) is 5.02 Å². The zero-order valence-corrected chi connectivity index (χ0v) is 16.4. The van der Waals surface area contributed by atoms with Crippen LogP contribution in [0.25, 0.3) is 0 Å². The highest BCUT2D eigenvalue weighted by Crippen LogP contribution is 2.32. The van der Waals surface area contributed by atoms with Gasteiger partial charge in [-0.3, -0.25) is 4.79 Å². The Morgan fingerprint density at radius 1 is 1.35 bits per heavy atom. The Kier molecular flexibility index (Phi) is 6.18. The lowest BCUT2D eigenvalue weighted by Crippen LogP contribution is -2.47. The number of nitrogens with zero attached hydrogens (tertiary/aromatic N) is 3. The minimum Gasteiger partial charge on any atom is -0.369 e. The summed E-state index contributed by atoms with van der Waals surface area (Å²) in [6.45, 7) is 4.46. The van der Waals surface area contributed by atoms with E-state index in [1.54, 1.807) is 12.1 Å². The Bertz CT molecular complexity index is 792. The van der Waals surface area contributed by atoms with Crippen LogP contribution in [0.5, 0.6) is 0 Å². The molecule has 0 N–H and O–H groups in total. The number of anilines is 1. The number of rotatable bonds is 5. The van der Waals surface area contributed by atoms with Crippen molar-refractivity contribution in [1.29, 1.82) is 5.26 Å². The number of carbonyl (C=O) groups is 1. The zero-order valence-electron chi connectivity index (χ0n) is 14.8. The molecule has 136 valence electrons. The molecule has 1 fully saturated rings. The highest BCUT2D eigenvalue weighted by molar-refractivity contribution is 7.12. The Labute approximate surface area is 163 Å². The topological polar surface area (TPSA) is 47.3 Å². The molecule has 1 saturated heterocycles. The first kappa shape index (κ1) is 18.8. The van der Waals surface area contributed by atoms with Gasteiger partial charge in [0, 0.05) is 25.7 Å². The highest BCUT2D eigenvalue weighted by atomic mass is 35.5. The van der Waals surface area contributed by atoms with Crippen molar-refractivity contribution < 1.29 is 4.79 Å². The molecule has 6 heteroatoms. The van der Waals surface area contributed by atoms with E-state index in [-0.39, 0.29) is 11.9 Å². The summed E-state index contributed by atoms with van der Waals surface area (Å²) >= 11 is 7.85. The van der Waals surface area contributed by atoms with Gasteiger partial charge in [0.25, 0.3) is 5.91 Å². The van der Waals surface area contributed by atoms with Crippen LogP contribution >= 0.6 is 22.9 Å². The molecule has 0 radical (unpaired) electrons. The van der Waals surface area contributed by atoms with Gasteiger partial charge < -0.3 is 9.80 Å². The van der Waals surface area contributed by atoms with Gasteiger partial charge in [0.15, 0.2) is 0 Å². The summed E-state index contributed by atoms with van der Waals surface area (Å²) in [7, 11) is 0. The smallest absolute Gasteiger partial charge is 0.264 e. The molecule has 26 heavy (non-hydrogen) atoms. The minimum absolute atomic E-state index is 0.135. The molecule has 4 nitrogen and oxygen atoms in total. The Balaban J connectivity index is 1.73. The fourth-order valence-corrected chi connectivity index (χ4v) is 4.53. The molecular formula is C20H22ClN3OS. The third-order valence-corrected chi connectivity index (χ3v) is 5.95. The fraction of sp³-hybridized carbons (Fsp3) is 0.400. The summed E-state index contributed by atoms with van der Waals surface area (Å²) in [4.78, 5) is 17.9. The van der Waals surface area contributed by atoms with Crippen molar-refractivity contribution in [1.82, 2.24) is 4.90 Å². The SMILES string of the molecule is CCCN(C(=O)c1cccs1)C1CCN(c2c(Cl)cccc2C#N)CC1. The van der Waals surface area contributed by atoms with E-state index in [9.17, 15) is 10.1 Å². The second kappa shape index (κ2) is 8.57. The van der Waals surface area contributed by atoms with Crippen molar-refractivity contribution in [2.45, 2.75) is 32.2 Å². The Hall–Kier alpha value is -2.03. The number of amides is 1. The zero-order chi connectivity index (χ0) is 18.5. The van der Waals surface area contributed by atoms with E-state index >= 15 is 0 Å². The molecule has 0 aliphatic carbocycles. The van der Waals surface area contributed by atoms with Gasteiger partial charge >= 0.3 is 0 Å². The van der Waals surface area contributed by atoms with Gasteiger partial charge in [0.1, 0.15) is 6.07 Å². The number of thiophene rings is 1. The van der Waals surface area contributed by atoms with E-state index in [2.05, 4.69) is 17.9 Å². The second-order valence-electron chi connectivity index (χ2n) is 6.44. The van der Waals surface area contributed by atoms with Gasteiger partial charge in [-0.15, -0.1) is 11.3 Å². The third-order valence-electron chi connectivity index (χ3n) is 4.79. The molecule has 0 unspecified atom stereocenters. The molecule has 2 aromatic rings. The van der Waals surface area contributed by atoms with Crippen LogP contribution in [-0.4, -0.2) is 36.5 Å². The predicted octanol–water partition coefficient (Wildman–Crippen LogP) is 4.79. The van der Waals surface area contributed by atoms with Crippen LogP contribution in [0.15, 0.2) is 35.7 Å². The lowest BCUT2D eigenvalue weighted by molar-refractivity contribution is 0.0655. The van der Waals surface area contributed by atoms with Crippen LogP contribution in [0.4, 0.5) is 5.69 Å². The lowest BCUT2D eigenvalue weighted by Gasteiger charge is -2.39. The summed E-state index contributed by atoms with van der Waals surface area (Å²) in [5, 5.41) is 11.9. The molecular weight excluding hydrogens is 366 g/mol. The van der Waals surface area contributed by atoms with Crippen molar-refractivity contribution >= 4 is 34.5 Å². The van der Waals surface area contributed by atoms with Crippen molar-refractivity contribution in [3.63, 3.8) is 0 Å². The normalized spacial score (nSPS) is 14.9. The van der Waals surface area contributed by atoms with Crippen LogP contribution < -0.4 is 4.90 Å². The predicted molar refractivity (Wildman–Crippen MR) is 107 cm³/mol. The second-order valence-corrected chi connectivity index (χ2v) is 7.80. The van der Waals surface area contributed by atoms with E-state index in [4.69, 9.17) is 11.6 Å². The number of benzene rings is 1. The fourth-order valence-electron chi connectivity index (χ4n) is 3.56. The summed E-state index contributed by atoms with van der Waals surface area (Å²) in [6, 6.07) is 11.7. The number of carbonyl (C=O) groups excluding carboxylic acids is 1. The van der Waals surface area contributed by atoms with Crippen LogP contribution in [0.3, 0.4) is 0 Å². The molecule has 1 aromatic heterocycles. The first-order valence-electron chi connectivity index (χ1n) is 8.93. The highest BCUT2D eigenvalue weighted by Gasteiger charge is 2.29. The van der Waals surface area contributed by atoms with Crippen LogP contribution in [-0.2, 0) is 0 Å². The Morgan fingerprint density at radius 3 is 2.73 bits per heavy atom. The summed E-state index contributed by atoms with van der Waals surface area (Å²) in [5.41, 5.74) is 1.43. The summed E-state index contributed by atoms with van der Waals surface area (Å²) in [5.74, 6) is 0.135. The van der Waals surface area contributed by atoms with Gasteiger partial charge in [-0.2, -0.15) is 5.26 Å². The maximum absolute atomic E-state index is 12.9. The van der Waals surface area contributed by atoms with E-state index in [1.165, 1.54) is 11.3 Å². The maximum Gasteiger partial charge on any atom is 0.264 e. The van der Waals surface area contributed by atoms with Gasteiger partial charge in [0.2, 0.25) is 0 Å². The summed E-state index contributed by atoms with van der Waals surface area (Å²) < 4.78 is 0. The lowest BCUT2D eigenvalue weighted by atomic mass is 10.0. The average Bonchev–Trinajstić information content (AvgIpc) is 3.20. The van der Waals surface area contributed by atoms with E-state index in [0.29, 0.717) is 10.6 Å². The average molecular weight is 388 g/mol. The van der Waals surface area contributed by atoms with Gasteiger partial charge in [-0.25, -0.2) is 0 Å². The number of para-hydroxylation sites is 1. The molecule has 1 aliphatic rings. The molecule has 0 bridgehead atoms. The monoisotopic (exact) mass is 387 g/mol. The number of nitriles is 1. The first-order chi connectivity index (χ1) is 12.7. The molecule has 2 heterocycles. The van der Waals surface area contributed by atoms with E-state index in [1.807, 2.05) is 28.5 Å². The van der Waals surface area contributed by atoms with Crippen molar-refractivity contribution in [3.05, 3.63) is 51.2 Å². The molecule has 0 spiro atoms. The quantitative estimate of drug-likeness (QED) is 0.740.